The van der Waals surface area contributed by atoms with E-state index in [1.807, 2.05) is 109 Å². The van der Waals surface area contributed by atoms with Gasteiger partial charge in [0.25, 0.3) is 0 Å². The number of nitrogens with one attached hydrogen (secondary N) is 1. The van der Waals surface area contributed by atoms with Crippen LogP contribution in [0.2, 0.25) is 0 Å². The van der Waals surface area contributed by atoms with Crippen molar-refractivity contribution < 1.29 is 13.7 Å². The van der Waals surface area contributed by atoms with E-state index in [2.05, 4.69) is 20.7 Å². The van der Waals surface area contributed by atoms with E-state index >= 15 is 0 Å². The van der Waals surface area contributed by atoms with E-state index in [1.165, 1.54) is 0 Å². The van der Waals surface area contributed by atoms with Gasteiger partial charge in [0.15, 0.2) is 0 Å². The summed E-state index contributed by atoms with van der Waals surface area (Å²) < 4.78 is 22.3. The Morgan fingerprint density at radius 3 is 2.15 bits per heavy atom. The first kappa shape index (κ1) is 28.3. The number of hydrogen-bond acceptors (Lipinski definition) is 3. The summed E-state index contributed by atoms with van der Waals surface area (Å²) in [7, 11) is -1.24. The number of carbonyl (C=O) groups is 1. The Morgan fingerprint density at radius 1 is 1.03 bits per heavy atom. The molecule has 2 unspecified atom stereocenters. The van der Waals surface area contributed by atoms with Gasteiger partial charge in [-0.25, -0.2) is 13.7 Å². The van der Waals surface area contributed by atoms with Crippen LogP contribution in [0.15, 0.2) is 71.3 Å². The maximum Gasteiger partial charge on any atom is 0.414 e. The van der Waals surface area contributed by atoms with Gasteiger partial charge in [0.05, 0.1) is 21.8 Å². The first-order valence-electron chi connectivity index (χ1n) is 11.4. The lowest BCUT2D eigenvalue weighted by Gasteiger charge is -2.30. The molecule has 186 valence electrons. The lowest BCUT2D eigenvalue weighted by Crippen LogP contribution is -2.36. The normalized spacial score (nSPS) is 15.1. The van der Waals surface area contributed by atoms with Crippen LogP contribution in [-0.4, -0.2) is 25.6 Å². The average Bonchev–Trinajstić information content (AvgIpc) is 2.74. The highest BCUT2D eigenvalue weighted by atomic mass is 79.9. The topological polar surface area (TPSA) is 58.6 Å². The zero-order valence-corrected chi connectivity index (χ0v) is 23.6. The predicted octanol–water partition coefficient (Wildman–Crippen LogP) is 7.44. The fourth-order valence-electron chi connectivity index (χ4n) is 3.12. The van der Waals surface area contributed by atoms with Gasteiger partial charge in [-0.05, 0) is 78.1 Å². The maximum absolute atomic E-state index is 13.1. The number of ether oxygens (including phenoxy) is 1. The number of hydrogen-bond donors (Lipinski definition) is 1. The van der Waals surface area contributed by atoms with Crippen molar-refractivity contribution in [1.82, 2.24) is 9.62 Å². The summed E-state index contributed by atoms with van der Waals surface area (Å²) >= 11 is 3.46. The Kier molecular flexibility index (Phi) is 10.1. The van der Waals surface area contributed by atoms with E-state index in [4.69, 9.17) is 4.74 Å². The molecule has 2 rings (SSSR count). The standard InChI is InChI=1S/C27H37BrN2O3S/c1-20(21-15-17-23(28)18-16-21)30(25(31)33-26(2,3)4)19-11-14-24(22-12-9-8-10-13-22)29-34(32)27(5,6)7/h8-13,15-20,24,29H,14H2,1-7H3/t20-,24?,34?/m0/s1. The van der Waals surface area contributed by atoms with Gasteiger partial charge in [0.2, 0.25) is 0 Å². The van der Waals surface area contributed by atoms with Crippen LogP contribution >= 0.6 is 15.9 Å². The van der Waals surface area contributed by atoms with Gasteiger partial charge in [-0.2, -0.15) is 0 Å². The molecule has 0 spiro atoms. The van der Waals surface area contributed by atoms with Crippen LogP contribution in [0.3, 0.4) is 0 Å². The van der Waals surface area contributed by atoms with Crippen molar-refractivity contribution in [3.05, 3.63) is 82.5 Å². The zero-order chi connectivity index (χ0) is 25.5. The molecule has 0 bridgehead atoms. The molecule has 0 fully saturated rings. The molecule has 5 nitrogen and oxygen atoms in total. The monoisotopic (exact) mass is 548 g/mol. The highest BCUT2D eigenvalue weighted by Crippen LogP contribution is 2.26. The molecule has 2 aromatic rings. The van der Waals surface area contributed by atoms with Gasteiger partial charge in [0.1, 0.15) is 5.60 Å². The third-order valence-electron chi connectivity index (χ3n) is 5.02. The van der Waals surface area contributed by atoms with E-state index in [0.717, 1.165) is 15.6 Å². The molecule has 1 amide bonds. The van der Waals surface area contributed by atoms with Crippen molar-refractivity contribution in [1.29, 1.82) is 0 Å². The van der Waals surface area contributed by atoms with Crippen molar-refractivity contribution in [3.63, 3.8) is 0 Å². The second-order valence-electron chi connectivity index (χ2n) is 10.2. The second kappa shape index (κ2) is 12.1. The van der Waals surface area contributed by atoms with Gasteiger partial charge in [0, 0.05) is 16.7 Å². The Morgan fingerprint density at radius 2 is 1.62 bits per heavy atom. The molecule has 34 heavy (non-hydrogen) atoms. The molecule has 0 aliphatic rings. The Labute approximate surface area is 215 Å². The summed E-state index contributed by atoms with van der Waals surface area (Å²) in [5.74, 6) is 0. The number of benzene rings is 2. The van der Waals surface area contributed by atoms with E-state index in [1.54, 1.807) is 11.1 Å². The molecule has 3 atom stereocenters. The highest BCUT2D eigenvalue weighted by molar-refractivity contribution is 9.10. The van der Waals surface area contributed by atoms with Crippen LogP contribution in [0.4, 0.5) is 4.79 Å². The van der Waals surface area contributed by atoms with Crippen molar-refractivity contribution in [2.75, 3.05) is 0 Å². The number of halogens is 1. The van der Waals surface area contributed by atoms with Crippen LogP contribution < -0.4 is 4.72 Å². The molecule has 1 N–H and O–H groups in total. The number of carbonyl (C=O) groups excluding carboxylic acids is 1. The van der Waals surface area contributed by atoms with Crippen molar-refractivity contribution in [3.8, 4) is 0 Å². The lowest BCUT2D eigenvalue weighted by molar-refractivity contribution is 0.0278. The molecule has 0 radical (unpaired) electrons. The zero-order valence-electron chi connectivity index (χ0n) is 21.2. The summed E-state index contributed by atoms with van der Waals surface area (Å²) in [5.41, 5.74) is 1.42. The molecule has 0 saturated heterocycles. The first-order chi connectivity index (χ1) is 15.8. The SMILES string of the molecule is C[C@@H](c1ccc(Br)cc1)N(C=CCC(NS(=O)C(C)(C)C)c1ccccc1)C(=O)OC(C)(C)C. The third kappa shape index (κ3) is 9.01. The average molecular weight is 550 g/mol. The molecule has 0 heterocycles. The van der Waals surface area contributed by atoms with Crippen LogP contribution in [-0.2, 0) is 15.7 Å². The van der Waals surface area contributed by atoms with Gasteiger partial charge in [-0.1, -0.05) is 64.5 Å². The second-order valence-corrected chi connectivity index (χ2v) is 13.1. The minimum atomic E-state index is -1.24. The smallest absolute Gasteiger partial charge is 0.414 e. The Hall–Kier alpha value is -1.96. The predicted molar refractivity (Wildman–Crippen MR) is 145 cm³/mol. The van der Waals surface area contributed by atoms with Crippen LogP contribution in [0.1, 0.15) is 78.1 Å². The fraction of sp³-hybridized carbons (Fsp3) is 0.444. The lowest BCUT2D eigenvalue weighted by atomic mass is 10.0. The Balaban J connectivity index is 2.30. The number of nitrogens with zero attached hydrogens (tertiary/aromatic N) is 1. The number of amides is 1. The molecule has 0 aromatic heterocycles. The van der Waals surface area contributed by atoms with Crippen LogP contribution in [0.25, 0.3) is 0 Å². The van der Waals surface area contributed by atoms with Gasteiger partial charge >= 0.3 is 6.09 Å². The quantitative estimate of drug-likeness (QED) is 0.372. The fourth-order valence-corrected chi connectivity index (χ4v) is 4.23. The number of rotatable bonds is 8. The van der Waals surface area contributed by atoms with E-state index < -0.39 is 27.4 Å². The summed E-state index contributed by atoms with van der Waals surface area (Å²) in [5, 5.41) is 0. The van der Waals surface area contributed by atoms with Gasteiger partial charge in [-0.15, -0.1) is 0 Å². The van der Waals surface area contributed by atoms with E-state index in [0.29, 0.717) is 6.42 Å². The van der Waals surface area contributed by atoms with Gasteiger partial charge in [-0.3, -0.25) is 4.90 Å². The molecule has 2 aromatic carbocycles. The minimum absolute atomic E-state index is 0.166. The summed E-state index contributed by atoms with van der Waals surface area (Å²) in [6.07, 6.45) is 3.85. The first-order valence-corrected chi connectivity index (χ1v) is 13.4. The van der Waals surface area contributed by atoms with Crippen LogP contribution in [0.5, 0.6) is 0 Å². The maximum atomic E-state index is 13.1. The third-order valence-corrected chi connectivity index (χ3v) is 7.16. The molecule has 0 saturated carbocycles. The van der Waals surface area contributed by atoms with Crippen molar-refractivity contribution in [2.24, 2.45) is 0 Å². The van der Waals surface area contributed by atoms with Crippen molar-refractivity contribution >= 4 is 33.0 Å². The summed E-state index contributed by atoms with van der Waals surface area (Å²) in [6, 6.07) is 17.4. The molecule has 0 aliphatic heterocycles. The summed E-state index contributed by atoms with van der Waals surface area (Å²) in [4.78, 5) is 14.7. The van der Waals surface area contributed by atoms with Crippen molar-refractivity contribution in [2.45, 2.75) is 77.3 Å². The molecular weight excluding hydrogens is 512 g/mol. The highest BCUT2D eigenvalue weighted by Gasteiger charge is 2.26. The van der Waals surface area contributed by atoms with Gasteiger partial charge < -0.3 is 4.74 Å². The van der Waals surface area contributed by atoms with E-state index in [-0.39, 0.29) is 12.1 Å². The molecule has 7 heteroatoms. The molecular formula is C27H37BrN2O3S. The Bertz CT molecular complexity index is 980. The van der Waals surface area contributed by atoms with E-state index in [9.17, 15) is 9.00 Å². The summed E-state index contributed by atoms with van der Waals surface area (Å²) in [6.45, 7) is 13.4. The minimum Gasteiger partial charge on any atom is -0.443 e. The molecule has 0 aliphatic carbocycles. The largest absolute Gasteiger partial charge is 0.443 e. The van der Waals surface area contributed by atoms with Crippen LogP contribution in [0, 0.1) is 0 Å².